The summed E-state index contributed by atoms with van der Waals surface area (Å²) in [6.07, 6.45) is -5.46. The van der Waals surface area contributed by atoms with Crippen molar-refractivity contribution in [2.75, 3.05) is 11.9 Å². The molecule has 3 aromatic carbocycles. The molecule has 1 aromatic heterocycles. The van der Waals surface area contributed by atoms with E-state index in [9.17, 15) is 31.1 Å². The summed E-state index contributed by atoms with van der Waals surface area (Å²) >= 11 is 0. The fraction of sp³-hybridized carbons (Fsp3) is 0.314. The van der Waals surface area contributed by atoms with E-state index in [2.05, 4.69) is 62.3 Å². The molecule has 0 radical (unpaired) electrons. The molecule has 0 spiro atoms. The highest BCUT2D eigenvalue weighted by atomic mass is 19.4. The first-order valence-electron chi connectivity index (χ1n) is 16.0. The Labute approximate surface area is 299 Å². The van der Waals surface area contributed by atoms with E-state index in [1.54, 1.807) is 0 Å². The molecule has 12 nitrogen and oxygen atoms in total. The minimum Gasteiger partial charge on any atom is -0.475 e. The van der Waals surface area contributed by atoms with Gasteiger partial charge in [-0.3, -0.25) is 10.2 Å². The number of aryl methyl sites for hydroxylation is 1. The fourth-order valence-electron chi connectivity index (χ4n) is 5.20. The number of fused-ring (bicyclic) bond motifs is 1. The number of aromatic nitrogens is 2. The average Bonchev–Trinajstić information content (AvgIpc) is 3.09. The highest BCUT2D eigenvalue weighted by molar-refractivity contribution is 5.96. The minimum atomic E-state index is -5.08. The third kappa shape index (κ3) is 13.3. The largest absolute Gasteiger partial charge is 0.490 e. The number of rotatable bonds is 8. The van der Waals surface area contributed by atoms with Gasteiger partial charge in [-0.2, -0.15) is 26.3 Å². The second-order valence-corrected chi connectivity index (χ2v) is 11.8. The van der Waals surface area contributed by atoms with Gasteiger partial charge in [0.05, 0.1) is 5.52 Å². The monoisotopic (exact) mass is 749 g/mol. The summed E-state index contributed by atoms with van der Waals surface area (Å²) < 4.78 is 63.5. The van der Waals surface area contributed by atoms with Crippen LogP contribution in [0.5, 0.6) is 0 Å². The molecule has 0 aliphatic heterocycles. The summed E-state index contributed by atoms with van der Waals surface area (Å²) in [6.45, 7) is 2.51. The Morgan fingerprint density at radius 1 is 0.830 bits per heavy atom. The second kappa shape index (κ2) is 18.5. The van der Waals surface area contributed by atoms with Crippen LogP contribution >= 0.6 is 0 Å². The molecule has 2 atom stereocenters. The first-order valence-corrected chi connectivity index (χ1v) is 16.0. The van der Waals surface area contributed by atoms with E-state index < -0.39 is 24.3 Å². The van der Waals surface area contributed by atoms with Crippen LogP contribution < -0.4 is 21.7 Å². The Morgan fingerprint density at radius 3 is 1.92 bits per heavy atom. The molecule has 53 heavy (non-hydrogen) atoms. The van der Waals surface area contributed by atoms with E-state index in [0.717, 1.165) is 42.2 Å². The van der Waals surface area contributed by atoms with Crippen molar-refractivity contribution in [3.05, 3.63) is 89.7 Å². The standard InChI is InChI=1S/C31H35N7O.2C2HF3O2/c1-20-11-16-25-24(19-20)28(36-26-9-5-6-10-27(26)37-31(32)33)38-29(35-25)30(39)34-18-17-21-12-14-23(15-13-21)22-7-3-2-4-8-22;2*3-2(4,5)1(6)7/h2-4,7-8,11-16,19,26-27H,5-6,9-10,17-18H2,1H3,(H,34,39)(H4,32,33,37)(H,35,36,38);2*(H,6,7). The quantitative estimate of drug-likeness (QED) is 0.0631. The minimum absolute atomic E-state index is 0.0247. The van der Waals surface area contributed by atoms with Crippen molar-refractivity contribution in [2.45, 2.75) is 63.5 Å². The van der Waals surface area contributed by atoms with Crippen LogP contribution in [0.1, 0.15) is 47.4 Å². The van der Waals surface area contributed by atoms with Crippen LogP contribution in [0.15, 0.2) is 72.8 Å². The summed E-state index contributed by atoms with van der Waals surface area (Å²) in [5, 5.41) is 32.4. The summed E-state index contributed by atoms with van der Waals surface area (Å²) in [5.74, 6) is -5.08. The number of hydrogen-bond donors (Lipinski definition) is 7. The van der Waals surface area contributed by atoms with Gasteiger partial charge in [-0.05, 0) is 55.0 Å². The van der Waals surface area contributed by atoms with Gasteiger partial charge in [-0.1, -0.05) is 79.1 Å². The number of guanidine groups is 1. The van der Waals surface area contributed by atoms with Crippen LogP contribution in [0.25, 0.3) is 22.0 Å². The maximum Gasteiger partial charge on any atom is 0.490 e. The molecule has 1 saturated carbocycles. The van der Waals surface area contributed by atoms with Crippen molar-refractivity contribution in [2.24, 2.45) is 5.73 Å². The molecular formula is C35H37F6N7O5. The number of nitrogens with zero attached hydrogens (tertiary/aromatic N) is 2. The zero-order valence-corrected chi connectivity index (χ0v) is 28.2. The number of carboxylic acids is 2. The summed E-state index contributed by atoms with van der Waals surface area (Å²) in [5.41, 5.74) is 10.9. The Morgan fingerprint density at radius 2 is 1.38 bits per heavy atom. The highest BCUT2D eigenvalue weighted by Gasteiger charge is 2.39. The Hall–Kier alpha value is -5.94. The molecule has 1 heterocycles. The maximum atomic E-state index is 13.1. The van der Waals surface area contributed by atoms with Gasteiger partial charge in [0.25, 0.3) is 5.91 Å². The Balaban J connectivity index is 0.000000458. The molecule has 1 aliphatic carbocycles. The van der Waals surface area contributed by atoms with Gasteiger partial charge >= 0.3 is 24.3 Å². The molecule has 5 rings (SSSR count). The molecule has 1 aliphatic rings. The summed E-state index contributed by atoms with van der Waals surface area (Å²) in [7, 11) is 0. The number of benzene rings is 3. The number of hydrogen-bond acceptors (Lipinski definition) is 7. The lowest BCUT2D eigenvalue weighted by atomic mass is 9.90. The lowest BCUT2D eigenvalue weighted by Crippen LogP contribution is -2.50. The molecule has 0 bridgehead atoms. The Kier molecular flexibility index (Phi) is 14.5. The number of carboxylic acid groups (broad SMARTS) is 2. The van der Waals surface area contributed by atoms with E-state index in [1.807, 2.05) is 43.3 Å². The zero-order chi connectivity index (χ0) is 39.3. The molecule has 0 saturated heterocycles. The number of nitrogens with one attached hydrogen (secondary N) is 4. The second-order valence-electron chi connectivity index (χ2n) is 11.8. The van der Waals surface area contributed by atoms with Gasteiger partial charge in [-0.25, -0.2) is 19.6 Å². The van der Waals surface area contributed by atoms with Crippen LogP contribution in [0.4, 0.5) is 32.2 Å². The lowest BCUT2D eigenvalue weighted by Gasteiger charge is -2.33. The van der Waals surface area contributed by atoms with E-state index in [1.165, 1.54) is 11.1 Å². The number of carbonyl (C=O) groups excluding carboxylic acids is 1. The van der Waals surface area contributed by atoms with Crippen LogP contribution in [0.2, 0.25) is 0 Å². The fourth-order valence-corrected chi connectivity index (χ4v) is 5.20. The average molecular weight is 750 g/mol. The van der Waals surface area contributed by atoms with Gasteiger partial charge < -0.3 is 31.9 Å². The van der Waals surface area contributed by atoms with Gasteiger partial charge in [-0.15, -0.1) is 0 Å². The number of amides is 1. The number of nitrogens with two attached hydrogens (primary N) is 1. The number of carbonyl (C=O) groups is 3. The van der Waals surface area contributed by atoms with Crippen molar-refractivity contribution < 1.29 is 50.9 Å². The van der Waals surface area contributed by atoms with Crippen LogP contribution in [0, 0.1) is 12.3 Å². The first-order chi connectivity index (χ1) is 24.8. The van der Waals surface area contributed by atoms with Crippen LogP contribution in [0.3, 0.4) is 0 Å². The van der Waals surface area contributed by atoms with Crippen molar-refractivity contribution in [1.29, 1.82) is 5.41 Å². The van der Waals surface area contributed by atoms with E-state index in [0.29, 0.717) is 24.3 Å². The van der Waals surface area contributed by atoms with E-state index in [4.69, 9.17) is 30.9 Å². The summed E-state index contributed by atoms with van der Waals surface area (Å²) in [4.78, 5) is 40.2. The third-order valence-corrected chi connectivity index (χ3v) is 7.73. The normalized spacial score (nSPS) is 15.5. The Bertz CT molecular complexity index is 1850. The number of halogens is 6. The summed E-state index contributed by atoms with van der Waals surface area (Å²) in [6, 6.07) is 24.7. The number of alkyl halides is 6. The maximum absolute atomic E-state index is 13.1. The van der Waals surface area contributed by atoms with Gasteiger partial charge in [0.15, 0.2) is 5.96 Å². The van der Waals surface area contributed by atoms with Crippen LogP contribution in [-0.4, -0.2) is 75.0 Å². The smallest absolute Gasteiger partial charge is 0.475 e. The molecule has 284 valence electrons. The molecule has 1 amide bonds. The predicted octanol–water partition coefficient (Wildman–Crippen LogP) is 6.05. The van der Waals surface area contributed by atoms with Crippen molar-refractivity contribution >= 4 is 40.5 Å². The molecule has 18 heteroatoms. The molecule has 8 N–H and O–H groups in total. The molecule has 4 aromatic rings. The van der Waals surface area contributed by atoms with Gasteiger partial charge in [0.1, 0.15) is 5.82 Å². The van der Waals surface area contributed by atoms with Crippen molar-refractivity contribution in [1.82, 2.24) is 20.6 Å². The van der Waals surface area contributed by atoms with Gasteiger partial charge in [0, 0.05) is 24.0 Å². The first kappa shape index (κ1) is 41.5. The molecule has 2 unspecified atom stereocenters. The third-order valence-electron chi connectivity index (χ3n) is 7.73. The highest BCUT2D eigenvalue weighted by Crippen LogP contribution is 2.27. The van der Waals surface area contributed by atoms with E-state index in [-0.39, 0.29) is 29.8 Å². The van der Waals surface area contributed by atoms with Gasteiger partial charge in [0.2, 0.25) is 5.82 Å². The van der Waals surface area contributed by atoms with Crippen molar-refractivity contribution in [3.8, 4) is 11.1 Å². The van der Waals surface area contributed by atoms with E-state index >= 15 is 0 Å². The van der Waals surface area contributed by atoms with Crippen molar-refractivity contribution in [3.63, 3.8) is 0 Å². The topological polar surface area (TPSA) is 203 Å². The zero-order valence-electron chi connectivity index (χ0n) is 28.2. The molecular weight excluding hydrogens is 712 g/mol. The number of anilines is 1. The molecule has 1 fully saturated rings. The predicted molar refractivity (Wildman–Crippen MR) is 184 cm³/mol. The number of aliphatic carboxylic acids is 2. The SMILES string of the molecule is Cc1ccc2nc(C(=O)NCCc3ccc(-c4ccccc4)cc3)nc(NC3CCCCC3NC(=N)N)c2c1.O=C(O)C(F)(F)F.O=C(O)C(F)(F)F. The van der Waals surface area contributed by atoms with Crippen LogP contribution in [-0.2, 0) is 16.0 Å². The lowest BCUT2D eigenvalue weighted by molar-refractivity contribution is -0.193.